The van der Waals surface area contributed by atoms with Crippen LogP contribution in [0.4, 0.5) is 0 Å². The van der Waals surface area contributed by atoms with Gasteiger partial charge in [-0.1, -0.05) is 18.2 Å². The number of carbonyl (C=O) groups excluding carboxylic acids is 1. The van der Waals surface area contributed by atoms with Crippen molar-refractivity contribution < 1.29 is 4.79 Å². The van der Waals surface area contributed by atoms with Crippen molar-refractivity contribution in [1.82, 2.24) is 15.4 Å². The van der Waals surface area contributed by atoms with Gasteiger partial charge in [-0.15, -0.1) is 0 Å². The molecule has 0 atom stereocenters. The van der Waals surface area contributed by atoms with Gasteiger partial charge >= 0.3 is 0 Å². The average Bonchev–Trinajstić information content (AvgIpc) is 2.90. The first-order valence-corrected chi connectivity index (χ1v) is 6.60. The Morgan fingerprint density at radius 3 is 2.86 bits per heavy atom. The van der Waals surface area contributed by atoms with E-state index in [9.17, 15) is 4.79 Å². The number of benzene rings is 1. The molecule has 5 heteroatoms. The molecule has 2 heterocycles. The smallest absolute Gasteiger partial charge is 0.245 e. The zero-order valence-electron chi connectivity index (χ0n) is 11.3. The first kappa shape index (κ1) is 13.1. The molecule has 2 aromatic heterocycles. The number of aromatic amines is 1. The predicted octanol–water partition coefficient (Wildman–Crippen LogP) is 2.26. The van der Waals surface area contributed by atoms with E-state index >= 15 is 0 Å². The van der Waals surface area contributed by atoms with Gasteiger partial charge in [0.05, 0.1) is 12.6 Å². The maximum absolute atomic E-state index is 11.8. The Hall–Kier alpha value is -2.95. The Morgan fingerprint density at radius 1 is 1.24 bits per heavy atom. The minimum atomic E-state index is -0.160. The van der Waals surface area contributed by atoms with Gasteiger partial charge in [-0.25, -0.2) is 5.43 Å². The van der Waals surface area contributed by atoms with Gasteiger partial charge < -0.3 is 4.98 Å². The Labute approximate surface area is 121 Å². The highest BCUT2D eigenvalue weighted by Crippen LogP contribution is 2.14. The number of amides is 1. The van der Waals surface area contributed by atoms with E-state index in [1.54, 1.807) is 18.6 Å². The van der Waals surface area contributed by atoms with Gasteiger partial charge in [0, 0.05) is 23.6 Å². The first-order chi connectivity index (χ1) is 10.3. The number of H-pyrrole nitrogens is 1. The van der Waals surface area contributed by atoms with Crippen LogP contribution in [0.25, 0.3) is 10.9 Å². The molecule has 1 amide bonds. The van der Waals surface area contributed by atoms with E-state index in [4.69, 9.17) is 0 Å². The number of para-hydroxylation sites is 1. The van der Waals surface area contributed by atoms with Crippen LogP contribution in [0.5, 0.6) is 0 Å². The Kier molecular flexibility index (Phi) is 3.73. The molecule has 0 aliphatic carbocycles. The average molecular weight is 278 g/mol. The second-order valence-electron chi connectivity index (χ2n) is 4.63. The molecule has 0 radical (unpaired) electrons. The molecular weight excluding hydrogens is 264 g/mol. The monoisotopic (exact) mass is 278 g/mol. The van der Waals surface area contributed by atoms with Crippen LogP contribution >= 0.6 is 0 Å². The molecule has 0 unspecified atom stereocenters. The lowest BCUT2D eigenvalue weighted by atomic mass is 10.2. The second kappa shape index (κ2) is 6.00. The summed E-state index contributed by atoms with van der Waals surface area (Å²) in [6, 6.07) is 13.5. The Balaban J connectivity index is 1.60. The molecule has 3 aromatic rings. The number of hydrazone groups is 1. The third-order valence-corrected chi connectivity index (χ3v) is 3.05. The highest BCUT2D eigenvalue weighted by Gasteiger charge is 2.05. The number of nitrogens with zero attached hydrogens (tertiary/aromatic N) is 2. The van der Waals surface area contributed by atoms with Crippen LogP contribution in [-0.4, -0.2) is 22.1 Å². The number of pyridine rings is 1. The summed E-state index contributed by atoms with van der Waals surface area (Å²) in [4.78, 5) is 18.9. The summed E-state index contributed by atoms with van der Waals surface area (Å²) >= 11 is 0. The fourth-order valence-electron chi connectivity index (χ4n) is 2.07. The molecule has 1 aromatic carbocycles. The molecule has 104 valence electrons. The van der Waals surface area contributed by atoms with Crippen molar-refractivity contribution >= 4 is 23.0 Å². The van der Waals surface area contributed by atoms with Gasteiger partial charge in [-0.05, 0) is 35.2 Å². The van der Waals surface area contributed by atoms with E-state index in [1.807, 2.05) is 42.5 Å². The minimum absolute atomic E-state index is 0.160. The van der Waals surface area contributed by atoms with E-state index < -0.39 is 0 Å². The van der Waals surface area contributed by atoms with Crippen LogP contribution in [0.3, 0.4) is 0 Å². The van der Waals surface area contributed by atoms with Gasteiger partial charge in [0.15, 0.2) is 0 Å². The zero-order valence-corrected chi connectivity index (χ0v) is 11.3. The summed E-state index contributed by atoms with van der Waals surface area (Å²) in [7, 11) is 0. The molecule has 0 spiro atoms. The largest absolute Gasteiger partial charge is 0.358 e. The van der Waals surface area contributed by atoms with Crippen LogP contribution < -0.4 is 5.43 Å². The van der Waals surface area contributed by atoms with E-state index in [2.05, 4.69) is 20.5 Å². The predicted molar refractivity (Wildman–Crippen MR) is 82.0 cm³/mol. The molecule has 3 rings (SSSR count). The summed E-state index contributed by atoms with van der Waals surface area (Å²) in [5, 5.41) is 5.02. The third kappa shape index (κ3) is 3.33. The van der Waals surface area contributed by atoms with Crippen molar-refractivity contribution in [1.29, 1.82) is 0 Å². The van der Waals surface area contributed by atoms with Gasteiger partial charge in [0.2, 0.25) is 5.91 Å². The Morgan fingerprint density at radius 2 is 2.05 bits per heavy atom. The van der Waals surface area contributed by atoms with E-state index in [1.165, 1.54) is 0 Å². The summed E-state index contributed by atoms with van der Waals surface area (Å²) in [5.41, 5.74) is 5.30. The Bertz CT molecular complexity index is 744. The molecular formula is C16H14N4O. The number of carbonyl (C=O) groups is 1. The van der Waals surface area contributed by atoms with E-state index in [-0.39, 0.29) is 12.3 Å². The summed E-state index contributed by atoms with van der Waals surface area (Å²) in [5.74, 6) is -0.160. The third-order valence-electron chi connectivity index (χ3n) is 3.05. The van der Waals surface area contributed by atoms with Crippen molar-refractivity contribution in [3.63, 3.8) is 0 Å². The van der Waals surface area contributed by atoms with Crippen LogP contribution in [0.2, 0.25) is 0 Å². The molecule has 21 heavy (non-hydrogen) atoms. The number of rotatable bonds is 4. The fraction of sp³-hybridized carbons (Fsp3) is 0.0625. The summed E-state index contributed by atoms with van der Waals surface area (Å²) in [6.45, 7) is 0. The van der Waals surface area contributed by atoms with E-state index in [0.717, 1.165) is 22.2 Å². The fourth-order valence-corrected chi connectivity index (χ4v) is 2.07. The molecule has 0 saturated carbocycles. The maximum Gasteiger partial charge on any atom is 0.245 e. The highest BCUT2D eigenvalue weighted by atomic mass is 16.2. The SMILES string of the molecule is O=C(Cc1cc2ccccc2[nH]1)N/N=C\c1ccncc1. The van der Waals surface area contributed by atoms with Crippen LogP contribution in [0.1, 0.15) is 11.3 Å². The van der Waals surface area contributed by atoms with Crippen molar-refractivity contribution in [2.45, 2.75) is 6.42 Å². The maximum atomic E-state index is 11.8. The van der Waals surface area contributed by atoms with E-state index in [0.29, 0.717) is 0 Å². The standard InChI is InChI=1S/C16H14N4O/c21-16(20-18-11-12-5-7-17-8-6-12)10-14-9-13-3-1-2-4-15(13)19-14/h1-9,11,19H,10H2,(H,20,21)/b18-11-. The number of fused-ring (bicyclic) bond motifs is 1. The number of nitrogens with one attached hydrogen (secondary N) is 2. The number of aromatic nitrogens is 2. The molecule has 0 fully saturated rings. The van der Waals surface area contributed by atoms with Crippen molar-refractivity contribution in [3.05, 3.63) is 66.1 Å². The molecule has 0 aliphatic heterocycles. The van der Waals surface area contributed by atoms with Crippen molar-refractivity contribution in [2.75, 3.05) is 0 Å². The van der Waals surface area contributed by atoms with Crippen LogP contribution in [0, 0.1) is 0 Å². The molecule has 5 nitrogen and oxygen atoms in total. The van der Waals surface area contributed by atoms with Gasteiger partial charge in [0.25, 0.3) is 0 Å². The normalized spacial score (nSPS) is 11.0. The van der Waals surface area contributed by atoms with Gasteiger partial charge in [-0.3, -0.25) is 9.78 Å². The lowest BCUT2D eigenvalue weighted by Gasteiger charge is -1.97. The summed E-state index contributed by atoms with van der Waals surface area (Å²) < 4.78 is 0. The lowest BCUT2D eigenvalue weighted by Crippen LogP contribution is -2.19. The van der Waals surface area contributed by atoms with Gasteiger partial charge in [-0.2, -0.15) is 5.10 Å². The minimum Gasteiger partial charge on any atom is -0.358 e. The highest BCUT2D eigenvalue weighted by molar-refractivity contribution is 5.85. The zero-order chi connectivity index (χ0) is 14.5. The first-order valence-electron chi connectivity index (χ1n) is 6.60. The van der Waals surface area contributed by atoms with Crippen molar-refractivity contribution in [2.24, 2.45) is 5.10 Å². The number of hydrogen-bond donors (Lipinski definition) is 2. The lowest BCUT2D eigenvalue weighted by molar-refractivity contribution is -0.120. The molecule has 0 aliphatic rings. The topological polar surface area (TPSA) is 70.1 Å². The van der Waals surface area contributed by atoms with Gasteiger partial charge in [0.1, 0.15) is 0 Å². The quantitative estimate of drug-likeness (QED) is 0.567. The molecule has 0 saturated heterocycles. The molecule has 2 N–H and O–H groups in total. The number of hydrogen-bond acceptors (Lipinski definition) is 3. The summed E-state index contributed by atoms with van der Waals surface area (Å²) in [6.07, 6.45) is 5.20. The molecule has 0 bridgehead atoms. The van der Waals surface area contributed by atoms with Crippen LogP contribution in [-0.2, 0) is 11.2 Å². The second-order valence-corrected chi connectivity index (χ2v) is 4.63. The van der Waals surface area contributed by atoms with Crippen LogP contribution in [0.15, 0.2) is 60.0 Å². The van der Waals surface area contributed by atoms with Crippen molar-refractivity contribution in [3.8, 4) is 0 Å².